The summed E-state index contributed by atoms with van der Waals surface area (Å²) in [6, 6.07) is -0.0648. The van der Waals surface area contributed by atoms with E-state index in [1.54, 1.807) is 14.2 Å². The molecular weight excluding hydrogens is 232 g/mol. The zero-order valence-corrected chi connectivity index (χ0v) is 12.1. The van der Waals surface area contributed by atoms with Crippen LogP contribution in [-0.4, -0.2) is 56.5 Å². The van der Waals surface area contributed by atoms with E-state index in [1.807, 2.05) is 11.8 Å². The van der Waals surface area contributed by atoms with Crippen LogP contribution in [0.5, 0.6) is 0 Å². The largest absolute Gasteiger partial charge is 0.382 e. The van der Waals surface area contributed by atoms with E-state index in [-0.39, 0.29) is 24.2 Å². The lowest BCUT2D eigenvalue weighted by molar-refractivity contribution is -0.132. The fourth-order valence-electron chi connectivity index (χ4n) is 2.28. The van der Waals surface area contributed by atoms with Crippen molar-refractivity contribution in [2.45, 2.75) is 45.5 Å². The molecule has 106 valence electrons. The molecule has 4 atom stereocenters. The third-order valence-corrected chi connectivity index (χ3v) is 3.74. The molecule has 0 saturated carbocycles. The van der Waals surface area contributed by atoms with Gasteiger partial charge in [-0.25, -0.2) is 0 Å². The number of carbonyl (C=O) groups is 1. The lowest BCUT2D eigenvalue weighted by Crippen LogP contribution is -2.42. The lowest BCUT2D eigenvalue weighted by Gasteiger charge is -2.25. The van der Waals surface area contributed by atoms with Gasteiger partial charge in [0.1, 0.15) is 0 Å². The molecule has 18 heavy (non-hydrogen) atoms. The zero-order valence-electron chi connectivity index (χ0n) is 12.1. The van der Waals surface area contributed by atoms with E-state index >= 15 is 0 Å². The molecule has 0 radical (unpaired) electrons. The standard InChI is InChI=1S/C13H26N2O3/c1-6-9(2)12-13(16)15(10(3)14-12)7-11(18-5)8-17-4/h9-12,14H,6-8H2,1-5H3. The Balaban J connectivity index is 2.63. The third-order valence-electron chi connectivity index (χ3n) is 3.74. The highest BCUT2D eigenvalue weighted by molar-refractivity contribution is 5.84. The summed E-state index contributed by atoms with van der Waals surface area (Å²) in [5.74, 6) is 0.531. The monoisotopic (exact) mass is 258 g/mol. The Morgan fingerprint density at radius 2 is 2.11 bits per heavy atom. The second-order valence-electron chi connectivity index (χ2n) is 5.01. The van der Waals surface area contributed by atoms with Crippen molar-refractivity contribution in [1.29, 1.82) is 0 Å². The number of nitrogens with one attached hydrogen (secondary N) is 1. The summed E-state index contributed by atoms with van der Waals surface area (Å²) in [5.41, 5.74) is 0. The van der Waals surface area contributed by atoms with Crippen LogP contribution in [0.2, 0.25) is 0 Å². The molecule has 5 nitrogen and oxygen atoms in total. The average Bonchev–Trinajstić information content (AvgIpc) is 2.64. The summed E-state index contributed by atoms with van der Waals surface area (Å²) < 4.78 is 10.4. The van der Waals surface area contributed by atoms with Gasteiger partial charge in [0.25, 0.3) is 0 Å². The van der Waals surface area contributed by atoms with Gasteiger partial charge in [-0.15, -0.1) is 0 Å². The molecule has 1 heterocycles. The molecule has 1 saturated heterocycles. The molecule has 0 aliphatic carbocycles. The van der Waals surface area contributed by atoms with Crippen LogP contribution in [0.4, 0.5) is 0 Å². The topological polar surface area (TPSA) is 50.8 Å². The van der Waals surface area contributed by atoms with Gasteiger partial charge in [0.2, 0.25) is 5.91 Å². The number of amides is 1. The Morgan fingerprint density at radius 3 is 2.61 bits per heavy atom. The number of ether oxygens (including phenoxy) is 2. The molecule has 1 N–H and O–H groups in total. The number of carbonyl (C=O) groups excluding carboxylic acids is 1. The smallest absolute Gasteiger partial charge is 0.241 e. The molecular formula is C13H26N2O3. The summed E-state index contributed by atoms with van der Waals surface area (Å²) in [5, 5.41) is 3.36. The Labute approximate surface area is 110 Å². The second-order valence-corrected chi connectivity index (χ2v) is 5.01. The highest BCUT2D eigenvalue weighted by Gasteiger charge is 2.39. The van der Waals surface area contributed by atoms with Crippen LogP contribution in [0.15, 0.2) is 0 Å². The van der Waals surface area contributed by atoms with E-state index < -0.39 is 0 Å². The molecule has 1 rings (SSSR count). The minimum atomic E-state index is -0.0705. The van der Waals surface area contributed by atoms with E-state index in [9.17, 15) is 4.79 Å². The molecule has 0 aromatic heterocycles. The van der Waals surface area contributed by atoms with Crippen molar-refractivity contribution in [3.63, 3.8) is 0 Å². The third kappa shape index (κ3) is 3.43. The van der Waals surface area contributed by atoms with Gasteiger partial charge in [0.15, 0.2) is 0 Å². The predicted molar refractivity (Wildman–Crippen MR) is 70.2 cm³/mol. The molecule has 0 aromatic rings. The minimum Gasteiger partial charge on any atom is -0.382 e. The first-order valence-electron chi connectivity index (χ1n) is 6.63. The predicted octanol–water partition coefficient (Wildman–Crippen LogP) is 0.840. The molecule has 1 aliphatic rings. The molecule has 1 fully saturated rings. The van der Waals surface area contributed by atoms with Crippen molar-refractivity contribution < 1.29 is 14.3 Å². The minimum absolute atomic E-state index is 0.0611. The lowest BCUT2D eigenvalue weighted by atomic mass is 9.99. The first-order chi connectivity index (χ1) is 8.54. The Hall–Kier alpha value is -0.650. The van der Waals surface area contributed by atoms with Crippen LogP contribution in [0.25, 0.3) is 0 Å². The van der Waals surface area contributed by atoms with Crippen LogP contribution in [-0.2, 0) is 14.3 Å². The Kier molecular flexibility index (Phi) is 6.05. The number of nitrogens with zero attached hydrogens (tertiary/aromatic N) is 1. The van der Waals surface area contributed by atoms with Gasteiger partial charge in [0, 0.05) is 14.2 Å². The molecule has 0 aromatic carbocycles. The summed E-state index contributed by atoms with van der Waals surface area (Å²) >= 11 is 0. The van der Waals surface area contributed by atoms with Gasteiger partial charge in [-0.2, -0.15) is 0 Å². The Bertz CT molecular complexity index is 273. The number of hydrogen-bond acceptors (Lipinski definition) is 4. The van der Waals surface area contributed by atoms with Crippen molar-refractivity contribution in [3.05, 3.63) is 0 Å². The number of methoxy groups -OCH3 is 2. The maximum atomic E-state index is 12.3. The van der Waals surface area contributed by atoms with Gasteiger partial charge in [0.05, 0.1) is 31.5 Å². The first kappa shape index (κ1) is 15.4. The van der Waals surface area contributed by atoms with Gasteiger partial charge in [-0.1, -0.05) is 20.3 Å². The van der Waals surface area contributed by atoms with Crippen molar-refractivity contribution in [3.8, 4) is 0 Å². The van der Waals surface area contributed by atoms with Gasteiger partial charge >= 0.3 is 0 Å². The highest BCUT2D eigenvalue weighted by Crippen LogP contribution is 2.19. The molecule has 1 aliphatic heterocycles. The van der Waals surface area contributed by atoms with Crippen molar-refractivity contribution in [2.24, 2.45) is 5.92 Å². The van der Waals surface area contributed by atoms with Crippen LogP contribution in [0, 0.1) is 5.92 Å². The average molecular weight is 258 g/mol. The normalized spacial score (nSPS) is 27.6. The van der Waals surface area contributed by atoms with Gasteiger partial charge in [-0.05, 0) is 12.8 Å². The van der Waals surface area contributed by atoms with Crippen LogP contribution >= 0.6 is 0 Å². The number of rotatable bonds is 7. The van der Waals surface area contributed by atoms with Crippen LogP contribution < -0.4 is 5.32 Å². The van der Waals surface area contributed by atoms with E-state index in [4.69, 9.17) is 9.47 Å². The first-order valence-corrected chi connectivity index (χ1v) is 6.63. The maximum Gasteiger partial charge on any atom is 0.241 e. The SMILES string of the molecule is CCC(C)C1NC(C)N(CC(COC)OC)C1=O. The molecule has 4 unspecified atom stereocenters. The fraction of sp³-hybridized carbons (Fsp3) is 0.923. The molecule has 0 spiro atoms. The number of hydrogen-bond donors (Lipinski definition) is 1. The van der Waals surface area contributed by atoms with Crippen LogP contribution in [0.3, 0.4) is 0 Å². The van der Waals surface area contributed by atoms with Crippen LogP contribution in [0.1, 0.15) is 27.2 Å². The van der Waals surface area contributed by atoms with E-state index in [1.165, 1.54) is 0 Å². The molecule has 5 heteroatoms. The summed E-state index contributed by atoms with van der Waals surface area (Å²) in [7, 11) is 3.29. The summed E-state index contributed by atoms with van der Waals surface area (Å²) in [4.78, 5) is 14.2. The van der Waals surface area contributed by atoms with Crippen molar-refractivity contribution in [2.75, 3.05) is 27.4 Å². The molecule has 1 amide bonds. The zero-order chi connectivity index (χ0) is 13.7. The summed E-state index contributed by atoms with van der Waals surface area (Å²) in [6.07, 6.45) is 0.986. The van der Waals surface area contributed by atoms with Crippen molar-refractivity contribution in [1.82, 2.24) is 10.2 Å². The van der Waals surface area contributed by atoms with Crippen molar-refractivity contribution >= 4 is 5.91 Å². The fourth-order valence-corrected chi connectivity index (χ4v) is 2.28. The van der Waals surface area contributed by atoms with E-state index in [0.717, 1.165) is 6.42 Å². The Morgan fingerprint density at radius 1 is 1.44 bits per heavy atom. The second kappa shape index (κ2) is 7.07. The van der Waals surface area contributed by atoms with Gasteiger partial charge < -0.3 is 14.4 Å². The summed E-state index contributed by atoms with van der Waals surface area (Å²) in [6.45, 7) is 7.30. The maximum absolute atomic E-state index is 12.3. The van der Waals surface area contributed by atoms with E-state index in [0.29, 0.717) is 19.1 Å². The molecule has 0 bridgehead atoms. The highest BCUT2D eigenvalue weighted by atomic mass is 16.5. The van der Waals surface area contributed by atoms with Gasteiger partial charge in [-0.3, -0.25) is 10.1 Å². The van der Waals surface area contributed by atoms with E-state index in [2.05, 4.69) is 19.2 Å². The quantitative estimate of drug-likeness (QED) is 0.735.